The van der Waals surface area contributed by atoms with Crippen molar-refractivity contribution in [2.24, 2.45) is 0 Å². The predicted molar refractivity (Wildman–Crippen MR) is 78.5 cm³/mol. The lowest BCUT2D eigenvalue weighted by Gasteiger charge is -2.32. The number of hydrogen-bond donors (Lipinski definition) is 1. The molecule has 22 heavy (non-hydrogen) atoms. The molecule has 7 heteroatoms. The van der Waals surface area contributed by atoms with E-state index in [9.17, 15) is 24.8 Å². The number of hydrogen-bond acceptors (Lipinski definition) is 5. The van der Waals surface area contributed by atoms with Gasteiger partial charge >= 0.3 is 0 Å². The van der Waals surface area contributed by atoms with Gasteiger partial charge in [-0.1, -0.05) is 0 Å². The van der Waals surface area contributed by atoms with Crippen LogP contribution in [0.4, 0.5) is 5.69 Å². The summed E-state index contributed by atoms with van der Waals surface area (Å²) in [6.07, 6.45) is 2.90. The number of piperidine rings is 1. The Hall–Kier alpha value is -2.28. The Balaban J connectivity index is 2.47. The lowest BCUT2D eigenvalue weighted by Crippen LogP contribution is -2.44. The van der Waals surface area contributed by atoms with Crippen molar-refractivity contribution >= 4 is 17.9 Å². The number of amides is 1. The molecule has 1 fully saturated rings. The van der Waals surface area contributed by atoms with Gasteiger partial charge in [-0.15, -0.1) is 0 Å². The SMILES string of the molecule is Cc1cc([N+](=O)[O-])c(C(=O)N2CCCC[C@@H]2C=O)cc1CO. The number of rotatable bonds is 4. The fourth-order valence-corrected chi connectivity index (χ4v) is 2.74. The average molecular weight is 306 g/mol. The van der Waals surface area contributed by atoms with Crippen LogP contribution >= 0.6 is 0 Å². The molecule has 2 rings (SSSR count). The molecule has 0 spiro atoms. The number of aryl methyl sites for hydroxylation is 1. The molecule has 1 aliphatic heterocycles. The molecule has 1 amide bonds. The van der Waals surface area contributed by atoms with Crippen LogP contribution in [0.15, 0.2) is 12.1 Å². The van der Waals surface area contributed by atoms with Crippen molar-refractivity contribution in [1.29, 1.82) is 0 Å². The molecule has 7 nitrogen and oxygen atoms in total. The van der Waals surface area contributed by atoms with E-state index in [1.165, 1.54) is 17.0 Å². The van der Waals surface area contributed by atoms with Crippen LogP contribution in [0, 0.1) is 17.0 Å². The van der Waals surface area contributed by atoms with Gasteiger partial charge in [0.1, 0.15) is 11.8 Å². The van der Waals surface area contributed by atoms with E-state index in [2.05, 4.69) is 0 Å². The third-order valence-electron chi connectivity index (χ3n) is 4.02. The summed E-state index contributed by atoms with van der Waals surface area (Å²) >= 11 is 0. The standard InChI is InChI=1S/C15H18N2O5/c1-10-6-14(17(21)22)13(7-11(10)8-18)15(20)16-5-3-2-4-12(16)9-19/h6-7,9,12,18H,2-5,8H2,1H3/t12-/m1/s1. The summed E-state index contributed by atoms with van der Waals surface area (Å²) in [5.41, 5.74) is 0.647. The Kier molecular flexibility index (Phi) is 4.87. The van der Waals surface area contributed by atoms with E-state index in [1.807, 2.05) is 0 Å². The largest absolute Gasteiger partial charge is 0.392 e. The lowest BCUT2D eigenvalue weighted by atomic mass is 9.99. The molecule has 0 aromatic heterocycles. The Morgan fingerprint density at radius 1 is 1.50 bits per heavy atom. The van der Waals surface area contributed by atoms with Crippen LogP contribution in [-0.4, -0.2) is 39.7 Å². The number of nitro groups is 1. The number of aldehydes is 1. The van der Waals surface area contributed by atoms with Gasteiger partial charge in [0.05, 0.1) is 17.6 Å². The lowest BCUT2D eigenvalue weighted by molar-refractivity contribution is -0.385. The molecule has 0 radical (unpaired) electrons. The molecule has 1 saturated heterocycles. The van der Waals surface area contributed by atoms with Gasteiger partial charge in [-0.3, -0.25) is 14.9 Å². The van der Waals surface area contributed by atoms with Crippen LogP contribution in [0.3, 0.4) is 0 Å². The average Bonchev–Trinajstić information content (AvgIpc) is 2.53. The molecular weight excluding hydrogens is 288 g/mol. The van der Waals surface area contributed by atoms with E-state index < -0.39 is 16.9 Å². The predicted octanol–water partition coefficient (Wildman–Crippen LogP) is 1.59. The van der Waals surface area contributed by atoms with E-state index in [0.717, 1.165) is 12.8 Å². The summed E-state index contributed by atoms with van der Waals surface area (Å²) in [4.78, 5) is 35.8. The van der Waals surface area contributed by atoms with Crippen molar-refractivity contribution in [3.8, 4) is 0 Å². The molecule has 0 aliphatic carbocycles. The molecule has 1 aromatic carbocycles. The topological polar surface area (TPSA) is 101 Å². The molecular formula is C15H18N2O5. The minimum atomic E-state index is -0.610. The van der Waals surface area contributed by atoms with Crippen LogP contribution in [0.1, 0.15) is 40.7 Å². The summed E-state index contributed by atoms with van der Waals surface area (Å²) in [6, 6.07) is 2.10. The maximum Gasteiger partial charge on any atom is 0.282 e. The number of aliphatic hydroxyl groups excluding tert-OH is 1. The second-order valence-electron chi connectivity index (χ2n) is 5.41. The van der Waals surface area contributed by atoms with Gasteiger partial charge in [0, 0.05) is 12.6 Å². The zero-order valence-corrected chi connectivity index (χ0v) is 12.3. The van der Waals surface area contributed by atoms with Gasteiger partial charge in [0.15, 0.2) is 0 Å². The fraction of sp³-hybridized carbons (Fsp3) is 0.467. The molecule has 0 bridgehead atoms. The zero-order chi connectivity index (χ0) is 16.3. The van der Waals surface area contributed by atoms with Crippen LogP contribution in [-0.2, 0) is 11.4 Å². The van der Waals surface area contributed by atoms with E-state index in [0.29, 0.717) is 30.4 Å². The summed E-state index contributed by atoms with van der Waals surface area (Å²) in [5, 5.41) is 20.5. The number of aliphatic hydroxyl groups is 1. The minimum Gasteiger partial charge on any atom is -0.392 e. The summed E-state index contributed by atoms with van der Waals surface area (Å²) in [6.45, 7) is 1.74. The van der Waals surface area contributed by atoms with E-state index in [4.69, 9.17) is 0 Å². The van der Waals surface area contributed by atoms with Crippen molar-refractivity contribution in [1.82, 2.24) is 4.90 Å². The van der Waals surface area contributed by atoms with E-state index in [-0.39, 0.29) is 17.9 Å². The Morgan fingerprint density at radius 2 is 2.23 bits per heavy atom. The summed E-state index contributed by atoms with van der Waals surface area (Å²) in [7, 11) is 0. The smallest absolute Gasteiger partial charge is 0.282 e. The van der Waals surface area contributed by atoms with Crippen LogP contribution < -0.4 is 0 Å². The maximum atomic E-state index is 12.7. The number of benzene rings is 1. The third kappa shape index (κ3) is 2.99. The highest BCUT2D eigenvalue weighted by molar-refractivity contribution is 5.99. The highest BCUT2D eigenvalue weighted by atomic mass is 16.6. The van der Waals surface area contributed by atoms with Crippen molar-refractivity contribution in [2.75, 3.05) is 6.54 Å². The first kappa shape index (κ1) is 16.1. The minimum absolute atomic E-state index is 0.0756. The number of likely N-dealkylation sites (tertiary alicyclic amines) is 1. The number of carbonyl (C=O) groups is 2. The van der Waals surface area contributed by atoms with Gasteiger partial charge in [-0.25, -0.2) is 0 Å². The summed E-state index contributed by atoms with van der Waals surface area (Å²) in [5.74, 6) is -0.529. The first-order valence-electron chi connectivity index (χ1n) is 7.14. The number of carbonyl (C=O) groups excluding carboxylic acids is 2. The molecule has 1 heterocycles. The normalized spacial score (nSPS) is 18.1. The van der Waals surface area contributed by atoms with Gasteiger partial charge in [-0.05, 0) is 43.4 Å². The Labute approximate surface area is 127 Å². The molecule has 1 aromatic rings. The van der Waals surface area contributed by atoms with Crippen molar-refractivity contribution in [2.45, 2.75) is 38.8 Å². The molecule has 0 unspecified atom stereocenters. The van der Waals surface area contributed by atoms with Crippen LogP contribution in [0.2, 0.25) is 0 Å². The highest BCUT2D eigenvalue weighted by Gasteiger charge is 2.31. The number of nitrogens with zero attached hydrogens (tertiary/aromatic N) is 2. The second kappa shape index (κ2) is 6.65. The maximum absolute atomic E-state index is 12.7. The highest BCUT2D eigenvalue weighted by Crippen LogP contribution is 2.27. The molecule has 1 N–H and O–H groups in total. The van der Waals surface area contributed by atoms with Crippen molar-refractivity contribution in [3.05, 3.63) is 38.9 Å². The fourth-order valence-electron chi connectivity index (χ4n) is 2.74. The first-order valence-corrected chi connectivity index (χ1v) is 7.14. The van der Waals surface area contributed by atoms with Crippen molar-refractivity contribution < 1.29 is 19.6 Å². The number of nitro benzene ring substituents is 1. The zero-order valence-electron chi connectivity index (χ0n) is 12.3. The van der Waals surface area contributed by atoms with Gasteiger partial charge in [0.25, 0.3) is 11.6 Å². The van der Waals surface area contributed by atoms with Crippen LogP contribution in [0.25, 0.3) is 0 Å². The molecule has 0 saturated carbocycles. The monoisotopic (exact) mass is 306 g/mol. The van der Waals surface area contributed by atoms with Gasteiger partial charge in [0.2, 0.25) is 0 Å². The Bertz CT molecular complexity index is 614. The first-order chi connectivity index (χ1) is 10.5. The third-order valence-corrected chi connectivity index (χ3v) is 4.02. The molecule has 1 atom stereocenters. The van der Waals surface area contributed by atoms with E-state index in [1.54, 1.807) is 6.92 Å². The quantitative estimate of drug-likeness (QED) is 0.517. The molecule has 118 valence electrons. The van der Waals surface area contributed by atoms with Crippen molar-refractivity contribution in [3.63, 3.8) is 0 Å². The summed E-state index contributed by atoms with van der Waals surface area (Å²) < 4.78 is 0. The van der Waals surface area contributed by atoms with E-state index >= 15 is 0 Å². The van der Waals surface area contributed by atoms with Crippen LogP contribution in [0.5, 0.6) is 0 Å². The second-order valence-corrected chi connectivity index (χ2v) is 5.41. The molecule has 1 aliphatic rings. The van der Waals surface area contributed by atoms with Gasteiger partial charge in [-0.2, -0.15) is 0 Å². The van der Waals surface area contributed by atoms with Gasteiger partial charge < -0.3 is 14.8 Å². The Morgan fingerprint density at radius 3 is 2.82 bits per heavy atom.